The molecule has 1 aromatic heterocycles. The zero-order valence-electron chi connectivity index (χ0n) is 24.8. The smallest absolute Gasteiger partial charge is 0.329 e. The van der Waals surface area contributed by atoms with Crippen molar-refractivity contribution >= 4 is 51.3 Å². The Balaban J connectivity index is 1.69. The van der Waals surface area contributed by atoms with Gasteiger partial charge in [-0.15, -0.1) is 0 Å². The van der Waals surface area contributed by atoms with Crippen LogP contribution in [-0.4, -0.2) is 51.7 Å². The molecule has 4 rings (SSSR count). The largest absolute Gasteiger partial charge is 0.456 e. The Morgan fingerprint density at radius 1 is 1.07 bits per heavy atom. The second-order valence-corrected chi connectivity index (χ2v) is 11.4. The quantitative estimate of drug-likeness (QED) is 0.161. The predicted octanol–water partition coefficient (Wildman–Crippen LogP) is 3.89. The van der Waals surface area contributed by atoms with Gasteiger partial charge in [0.2, 0.25) is 5.91 Å². The van der Waals surface area contributed by atoms with Gasteiger partial charge in [-0.05, 0) is 47.9 Å². The number of rotatable bonds is 6. The molecule has 45 heavy (non-hydrogen) atoms. The number of nitrogens with zero attached hydrogens (tertiary/aromatic N) is 1. The van der Waals surface area contributed by atoms with E-state index >= 15 is 0 Å². The number of cyclic esters (lactones) is 1. The van der Waals surface area contributed by atoms with Gasteiger partial charge >= 0.3 is 5.97 Å². The number of esters is 1. The van der Waals surface area contributed by atoms with E-state index in [0.29, 0.717) is 12.2 Å². The molecule has 1 aliphatic heterocycles. The van der Waals surface area contributed by atoms with Crippen molar-refractivity contribution in [1.29, 1.82) is 0 Å². The second-order valence-electron chi connectivity index (χ2n) is 10.2. The van der Waals surface area contributed by atoms with Crippen LogP contribution < -0.4 is 16.0 Å². The molecule has 2 atom stereocenters. The molecule has 0 spiro atoms. The van der Waals surface area contributed by atoms with Crippen LogP contribution in [0.5, 0.6) is 0 Å². The Kier molecular flexibility index (Phi) is 11.6. The minimum absolute atomic E-state index is 0.0347. The van der Waals surface area contributed by atoms with Crippen LogP contribution in [0.15, 0.2) is 78.5 Å². The fourth-order valence-electron chi connectivity index (χ4n) is 4.64. The molecule has 0 aliphatic carbocycles. The Labute approximate surface area is 263 Å². The van der Waals surface area contributed by atoms with Crippen molar-refractivity contribution in [2.24, 2.45) is 0 Å². The van der Waals surface area contributed by atoms with Crippen LogP contribution in [0.3, 0.4) is 0 Å². The SMILES string of the molecule is C/C=C1\NC(=O)c2ccc(F)c(n2)CNC(=O)C[C@@H](/C=C/CCSC(C)=O)OC(=O)[C@H](Cc2cccc3ccccc23)NC1=O. The first kappa shape index (κ1) is 33.1. The third-order valence-electron chi connectivity index (χ3n) is 6.87. The van der Waals surface area contributed by atoms with Crippen LogP contribution in [0.25, 0.3) is 10.8 Å². The lowest BCUT2D eigenvalue weighted by molar-refractivity contribution is -0.151. The second kappa shape index (κ2) is 15.8. The average molecular weight is 633 g/mol. The molecule has 3 aromatic rings. The molecule has 234 valence electrons. The van der Waals surface area contributed by atoms with Gasteiger partial charge in [-0.1, -0.05) is 66.4 Å². The highest BCUT2D eigenvalue weighted by Gasteiger charge is 2.29. The maximum Gasteiger partial charge on any atom is 0.329 e. The molecule has 0 saturated heterocycles. The number of carbonyl (C=O) groups is 5. The number of hydrogen-bond acceptors (Lipinski definition) is 8. The van der Waals surface area contributed by atoms with Crippen LogP contribution >= 0.6 is 11.8 Å². The summed E-state index contributed by atoms with van der Waals surface area (Å²) in [5, 5.41) is 9.49. The first-order valence-electron chi connectivity index (χ1n) is 14.3. The molecule has 2 aromatic carbocycles. The summed E-state index contributed by atoms with van der Waals surface area (Å²) in [7, 11) is 0. The Hall–Kier alpha value is -4.84. The minimum Gasteiger partial charge on any atom is -0.456 e. The number of allylic oxidation sites excluding steroid dienone is 2. The summed E-state index contributed by atoms with van der Waals surface area (Å²) in [5.74, 6) is -3.14. The molecule has 10 nitrogen and oxygen atoms in total. The van der Waals surface area contributed by atoms with E-state index in [1.165, 1.54) is 19.9 Å². The predicted molar refractivity (Wildman–Crippen MR) is 168 cm³/mol. The van der Waals surface area contributed by atoms with Crippen molar-refractivity contribution in [2.45, 2.75) is 51.8 Å². The topological polar surface area (TPSA) is 144 Å². The molecule has 0 fully saturated rings. The van der Waals surface area contributed by atoms with E-state index in [1.54, 1.807) is 12.2 Å². The first-order chi connectivity index (χ1) is 21.6. The lowest BCUT2D eigenvalue weighted by Crippen LogP contribution is -2.47. The molecule has 0 radical (unpaired) electrons. The average Bonchev–Trinajstić information content (AvgIpc) is 3.02. The number of aromatic nitrogens is 1. The normalized spacial score (nSPS) is 19.2. The summed E-state index contributed by atoms with van der Waals surface area (Å²) in [5.41, 5.74) is 0.263. The van der Waals surface area contributed by atoms with Crippen molar-refractivity contribution in [3.05, 3.63) is 101 Å². The summed E-state index contributed by atoms with van der Waals surface area (Å²) in [6.07, 6.45) is 3.81. The summed E-state index contributed by atoms with van der Waals surface area (Å²) in [6, 6.07) is 14.2. The molecular weight excluding hydrogens is 599 g/mol. The number of hydrogen-bond donors (Lipinski definition) is 3. The van der Waals surface area contributed by atoms with Crippen LogP contribution in [-0.2, 0) is 36.9 Å². The molecule has 3 N–H and O–H groups in total. The maximum absolute atomic E-state index is 14.5. The van der Waals surface area contributed by atoms with E-state index < -0.39 is 41.7 Å². The molecular formula is C33H33FN4O6S. The highest BCUT2D eigenvalue weighted by atomic mass is 32.2. The Bertz CT molecular complexity index is 1670. The van der Waals surface area contributed by atoms with E-state index in [-0.39, 0.29) is 41.6 Å². The Morgan fingerprint density at radius 2 is 1.84 bits per heavy atom. The highest BCUT2D eigenvalue weighted by molar-refractivity contribution is 8.13. The third-order valence-corrected chi connectivity index (χ3v) is 7.72. The standard InChI is InChI=1S/C33H33FN4O6S/c1-3-26-31(41)38-28(17-22-11-8-10-21-9-4-5-13-24(21)22)33(43)44-23(12-6-7-16-45-20(2)39)18-30(40)35-19-29-25(34)14-15-27(36-29)32(42)37-26/h3-6,8-15,23,28H,7,16-19H2,1-2H3,(H,35,40)(H,37,42)(H,38,41)/b12-6+,26-3-/t23-,28+/m1/s1. The summed E-state index contributed by atoms with van der Waals surface area (Å²) >= 11 is 1.14. The van der Waals surface area contributed by atoms with E-state index in [1.807, 2.05) is 42.5 Å². The van der Waals surface area contributed by atoms with Gasteiger partial charge in [-0.25, -0.2) is 14.2 Å². The van der Waals surface area contributed by atoms with Crippen LogP contribution in [0.4, 0.5) is 4.39 Å². The van der Waals surface area contributed by atoms with Crippen LogP contribution in [0, 0.1) is 5.82 Å². The number of fused-ring (bicyclic) bond motifs is 3. The van der Waals surface area contributed by atoms with E-state index in [9.17, 15) is 28.4 Å². The van der Waals surface area contributed by atoms with Gasteiger partial charge in [0.05, 0.1) is 18.7 Å². The van der Waals surface area contributed by atoms with E-state index in [0.717, 1.165) is 40.2 Å². The van der Waals surface area contributed by atoms with Crippen molar-refractivity contribution in [2.75, 3.05) is 5.75 Å². The highest BCUT2D eigenvalue weighted by Crippen LogP contribution is 2.21. The van der Waals surface area contributed by atoms with Gasteiger partial charge in [0, 0.05) is 19.1 Å². The molecule has 1 aliphatic rings. The molecule has 0 saturated carbocycles. The zero-order chi connectivity index (χ0) is 32.3. The lowest BCUT2D eigenvalue weighted by atomic mass is 9.98. The van der Waals surface area contributed by atoms with Gasteiger partial charge in [0.15, 0.2) is 5.12 Å². The number of nitrogens with one attached hydrogen (secondary N) is 3. The molecule has 2 heterocycles. The van der Waals surface area contributed by atoms with Crippen LogP contribution in [0.2, 0.25) is 0 Å². The van der Waals surface area contributed by atoms with Gasteiger partial charge < -0.3 is 20.7 Å². The van der Waals surface area contributed by atoms with Gasteiger partial charge in [0.1, 0.15) is 29.4 Å². The van der Waals surface area contributed by atoms with Crippen molar-refractivity contribution < 1.29 is 33.1 Å². The number of amides is 3. The van der Waals surface area contributed by atoms with E-state index in [2.05, 4.69) is 20.9 Å². The third kappa shape index (κ3) is 9.32. The summed E-state index contributed by atoms with van der Waals surface area (Å²) in [4.78, 5) is 68.3. The van der Waals surface area contributed by atoms with Gasteiger partial charge in [-0.3, -0.25) is 19.2 Å². The lowest BCUT2D eigenvalue weighted by Gasteiger charge is -2.23. The van der Waals surface area contributed by atoms with Gasteiger partial charge in [-0.2, -0.15) is 0 Å². The number of benzene rings is 2. The molecule has 0 unspecified atom stereocenters. The number of halogens is 1. The number of carbonyl (C=O) groups excluding carboxylic acids is 5. The van der Waals surface area contributed by atoms with E-state index in [4.69, 9.17) is 4.74 Å². The summed E-state index contributed by atoms with van der Waals surface area (Å²) < 4.78 is 20.3. The number of thioether (sulfide) groups is 1. The molecule has 12 heteroatoms. The number of ether oxygens (including phenoxy) is 1. The van der Waals surface area contributed by atoms with Gasteiger partial charge in [0.25, 0.3) is 11.8 Å². The molecule has 2 bridgehead atoms. The Morgan fingerprint density at radius 3 is 2.62 bits per heavy atom. The summed E-state index contributed by atoms with van der Waals surface area (Å²) in [6.45, 7) is 2.67. The van der Waals surface area contributed by atoms with Crippen molar-refractivity contribution in [3.8, 4) is 0 Å². The maximum atomic E-state index is 14.5. The minimum atomic E-state index is -1.20. The monoisotopic (exact) mass is 632 g/mol. The van der Waals surface area contributed by atoms with Crippen LogP contribution in [0.1, 0.15) is 48.4 Å². The number of pyridine rings is 1. The fraction of sp³-hybridized carbons (Fsp3) is 0.273. The van der Waals surface area contributed by atoms with Crippen molar-refractivity contribution in [1.82, 2.24) is 20.9 Å². The van der Waals surface area contributed by atoms with Crippen molar-refractivity contribution in [3.63, 3.8) is 0 Å². The fourth-order valence-corrected chi connectivity index (χ4v) is 5.18. The molecule has 3 amide bonds. The zero-order valence-corrected chi connectivity index (χ0v) is 25.6. The first-order valence-corrected chi connectivity index (χ1v) is 15.3.